The minimum Gasteiger partial charge on any atom is -0.356 e. The molecular formula is C13H19N3O. The van der Waals surface area contributed by atoms with E-state index in [1.54, 1.807) is 6.33 Å². The number of hydrogen-bond acceptors (Lipinski definition) is 4. The van der Waals surface area contributed by atoms with Gasteiger partial charge in [-0.15, -0.1) is 0 Å². The number of anilines is 1. The highest BCUT2D eigenvalue weighted by molar-refractivity contribution is 5.80. The number of hydrogen-bond donors (Lipinski definition) is 0. The smallest absolute Gasteiger partial charge is 0.136 e. The second-order valence-electron chi connectivity index (χ2n) is 5.54. The van der Waals surface area contributed by atoms with E-state index in [-0.39, 0.29) is 5.41 Å². The predicted molar refractivity (Wildman–Crippen MR) is 67.2 cm³/mol. The van der Waals surface area contributed by atoms with Crippen LogP contribution in [0.4, 0.5) is 5.82 Å². The summed E-state index contributed by atoms with van der Waals surface area (Å²) in [5, 5.41) is 0. The molecule has 4 heteroatoms. The Balaban J connectivity index is 2.19. The summed E-state index contributed by atoms with van der Waals surface area (Å²) in [6.45, 7) is 7.97. The number of Topliss-reactive ketones (excluding diaryl/α,β-unsaturated/α-hetero) is 1. The first-order chi connectivity index (χ1) is 7.97. The Kier molecular flexibility index (Phi) is 3.13. The molecule has 17 heavy (non-hydrogen) atoms. The van der Waals surface area contributed by atoms with E-state index >= 15 is 0 Å². The fraction of sp³-hybridized carbons (Fsp3) is 0.615. The van der Waals surface area contributed by atoms with Gasteiger partial charge in [0.2, 0.25) is 0 Å². The third-order valence-electron chi connectivity index (χ3n) is 3.07. The first-order valence-corrected chi connectivity index (χ1v) is 6.06. The van der Waals surface area contributed by atoms with Crippen molar-refractivity contribution >= 4 is 11.6 Å². The largest absolute Gasteiger partial charge is 0.356 e. The summed E-state index contributed by atoms with van der Waals surface area (Å²) in [5.74, 6) is 1.30. The summed E-state index contributed by atoms with van der Waals surface area (Å²) in [5.41, 5.74) is 1.07. The van der Waals surface area contributed by atoms with Crippen LogP contribution in [0.2, 0.25) is 0 Å². The lowest BCUT2D eigenvalue weighted by Crippen LogP contribution is -2.34. The number of carbonyl (C=O) groups is 1. The molecule has 92 valence electrons. The van der Waals surface area contributed by atoms with Crippen molar-refractivity contribution in [2.45, 2.75) is 39.0 Å². The number of aromatic nitrogens is 2. The maximum atomic E-state index is 11.2. The van der Waals surface area contributed by atoms with Crippen LogP contribution in [0.1, 0.15) is 39.3 Å². The third-order valence-corrected chi connectivity index (χ3v) is 3.07. The lowest BCUT2D eigenvalue weighted by Gasteiger charge is -2.28. The minimum absolute atomic E-state index is 0.0310. The van der Waals surface area contributed by atoms with E-state index in [1.807, 2.05) is 6.07 Å². The van der Waals surface area contributed by atoms with Crippen molar-refractivity contribution in [2.24, 2.45) is 0 Å². The van der Waals surface area contributed by atoms with Gasteiger partial charge in [0.25, 0.3) is 0 Å². The molecule has 1 aromatic heterocycles. The van der Waals surface area contributed by atoms with Gasteiger partial charge in [-0.3, -0.25) is 4.79 Å². The first kappa shape index (κ1) is 12.0. The molecule has 0 spiro atoms. The van der Waals surface area contributed by atoms with E-state index in [0.29, 0.717) is 18.6 Å². The summed E-state index contributed by atoms with van der Waals surface area (Å²) >= 11 is 0. The van der Waals surface area contributed by atoms with Crippen molar-refractivity contribution in [3.63, 3.8) is 0 Å². The van der Waals surface area contributed by atoms with Crippen LogP contribution in [0, 0.1) is 0 Å². The molecule has 0 amide bonds. The van der Waals surface area contributed by atoms with Gasteiger partial charge < -0.3 is 4.90 Å². The quantitative estimate of drug-likeness (QED) is 0.743. The van der Waals surface area contributed by atoms with Crippen LogP contribution in [-0.4, -0.2) is 28.8 Å². The van der Waals surface area contributed by atoms with Crippen LogP contribution in [-0.2, 0) is 10.2 Å². The van der Waals surface area contributed by atoms with Gasteiger partial charge in [0.05, 0.1) is 5.69 Å². The number of ketones is 1. The van der Waals surface area contributed by atoms with Gasteiger partial charge in [-0.25, -0.2) is 9.97 Å². The normalized spacial score (nSPS) is 17.4. The Hall–Kier alpha value is -1.45. The Morgan fingerprint density at radius 1 is 1.18 bits per heavy atom. The molecule has 0 atom stereocenters. The monoisotopic (exact) mass is 233 g/mol. The van der Waals surface area contributed by atoms with Gasteiger partial charge >= 0.3 is 0 Å². The molecule has 1 saturated heterocycles. The van der Waals surface area contributed by atoms with Crippen molar-refractivity contribution in [1.29, 1.82) is 0 Å². The number of carbonyl (C=O) groups excluding carboxylic acids is 1. The van der Waals surface area contributed by atoms with Crippen molar-refractivity contribution in [2.75, 3.05) is 18.0 Å². The topological polar surface area (TPSA) is 46.1 Å². The zero-order chi connectivity index (χ0) is 12.5. The van der Waals surface area contributed by atoms with Gasteiger partial charge in [-0.05, 0) is 0 Å². The van der Waals surface area contributed by atoms with Crippen molar-refractivity contribution in [1.82, 2.24) is 9.97 Å². The van der Waals surface area contributed by atoms with Crippen LogP contribution in [0.5, 0.6) is 0 Å². The summed E-state index contributed by atoms with van der Waals surface area (Å²) in [6, 6.07) is 2.04. The van der Waals surface area contributed by atoms with Gasteiger partial charge in [0.1, 0.15) is 17.9 Å². The van der Waals surface area contributed by atoms with Crippen LogP contribution >= 0.6 is 0 Å². The molecule has 0 N–H and O–H groups in total. The molecule has 0 unspecified atom stereocenters. The van der Waals surface area contributed by atoms with Crippen LogP contribution in [0.25, 0.3) is 0 Å². The molecule has 0 bridgehead atoms. The highest BCUT2D eigenvalue weighted by Crippen LogP contribution is 2.23. The van der Waals surface area contributed by atoms with Gasteiger partial charge in [0.15, 0.2) is 0 Å². The molecule has 1 aliphatic heterocycles. The van der Waals surface area contributed by atoms with E-state index in [9.17, 15) is 4.79 Å². The fourth-order valence-electron chi connectivity index (χ4n) is 1.92. The first-order valence-electron chi connectivity index (χ1n) is 6.06. The molecular weight excluding hydrogens is 214 g/mol. The van der Waals surface area contributed by atoms with E-state index in [2.05, 4.69) is 35.6 Å². The Morgan fingerprint density at radius 2 is 1.82 bits per heavy atom. The molecule has 1 fully saturated rings. The highest BCUT2D eigenvalue weighted by atomic mass is 16.1. The number of piperidine rings is 1. The van der Waals surface area contributed by atoms with Gasteiger partial charge in [-0.2, -0.15) is 0 Å². The number of rotatable bonds is 1. The maximum Gasteiger partial charge on any atom is 0.136 e. The maximum absolute atomic E-state index is 11.2. The summed E-state index contributed by atoms with van der Waals surface area (Å²) in [4.78, 5) is 22.0. The average Bonchev–Trinajstić information content (AvgIpc) is 2.29. The Labute approximate surface area is 102 Å². The Morgan fingerprint density at radius 3 is 2.41 bits per heavy atom. The van der Waals surface area contributed by atoms with E-state index in [0.717, 1.165) is 24.6 Å². The van der Waals surface area contributed by atoms with Crippen molar-refractivity contribution < 1.29 is 4.79 Å². The standard InChI is InChI=1S/C13H19N3O/c1-13(2,3)11-8-12(15-9-14-11)16-6-4-10(17)5-7-16/h8-9H,4-7H2,1-3H3. The van der Waals surface area contributed by atoms with Gasteiger partial charge in [-0.1, -0.05) is 20.8 Å². The fourth-order valence-corrected chi connectivity index (χ4v) is 1.92. The van der Waals surface area contributed by atoms with Crippen LogP contribution in [0.3, 0.4) is 0 Å². The second-order valence-corrected chi connectivity index (χ2v) is 5.54. The zero-order valence-corrected chi connectivity index (χ0v) is 10.7. The van der Waals surface area contributed by atoms with Crippen molar-refractivity contribution in [3.05, 3.63) is 18.1 Å². The minimum atomic E-state index is 0.0310. The summed E-state index contributed by atoms with van der Waals surface area (Å²) in [6.07, 6.45) is 2.88. The highest BCUT2D eigenvalue weighted by Gasteiger charge is 2.20. The molecule has 0 aliphatic carbocycles. The molecule has 1 aliphatic rings. The molecule has 1 aromatic rings. The molecule has 2 heterocycles. The third kappa shape index (κ3) is 2.81. The Bertz CT molecular complexity index is 413. The SMILES string of the molecule is CC(C)(C)c1cc(N2CCC(=O)CC2)ncn1. The molecule has 2 rings (SSSR count). The van der Waals surface area contributed by atoms with Crippen molar-refractivity contribution in [3.8, 4) is 0 Å². The predicted octanol–water partition coefficient (Wildman–Crippen LogP) is 1.94. The molecule has 4 nitrogen and oxygen atoms in total. The van der Waals surface area contributed by atoms with Crippen LogP contribution < -0.4 is 4.90 Å². The molecule has 0 radical (unpaired) electrons. The van der Waals surface area contributed by atoms with E-state index in [1.165, 1.54) is 0 Å². The lowest BCUT2D eigenvalue weighted by atomic mass is 9.92. The number of nitrogens with zero attached hydrogens (tertiary/aromatic N) is 3. The lowest BCUT2D eigenvalue weighted by molar-refractivity contribution is -0.119. The van der Waals surface area contributed by atoms with Crippen LogP contribution in [0.15, 0.2) is 12.4 Å². The molecule has 0 saturated carbocycles. The average molecular weight is 233 g/mol. The summed E-state index contributed by atoms with van der Waals surface area (Å²) in [7, 11) is 0. The van der Waals surface area contributed by atoms with E-state index < -0.39 is 0 Å². The summed E-state index contributed by atoms with van der Waals surface area (Å²) < 4.78 is 0. The second kappa shape index (κ2) is 4.43. The molecule has 0 aromatic carbocycles. The van der Waals surface area contributed by atoms with Gasteiger partial charge in [0, 0.05) is 37.4 Å². The van der Waals surface area contributed by atoms with E-state index in [4.69, 9.17) is 0 Å². The zero-order valence-electron chi connectivity index (χ0n) is 10.7.